The highest BCUT2D eigenvalue weighted by molar-refractivity contribution is 7.86. The van der Waals surface area contributed by atoms with Gasteiger partial charge in [-0.15, -0.1) is 3.89 Å². The molecule has 1 amide bonds. The Labute approximate surface area is 97.7 Å². The Bertz CT molecular complexity index is 520. The van der Waals surface area contributed by atoms with Gasteiger partial charge in [-0.1, -0.05) is 0 Å². The minimum Gasteiger partial charge on any atom is -0.280 e. The lowest BCUT2D eigenvalue weighted by molar-refractivity contribution is -0.117. The van der Waals surface area contributed by atoms with E-state index in [-0.39, 0.29) is 24.8 Å². The van der Waals surface area contributed by atoms with Crippen molar-refractivity contribution in [1.82, 2.24) is 9.97 Å². The molecule has 0 aromatic carbocycles. The molecule has 1 atom stereocenters. The number of amides is 1. The number of carbonyl (C=O) groups excluding carboxylic acids is 1. The molecule has 0 spiro atoms. The van der Waals surface area contributed by atoms with E-state index in [1.54, 1.807) is 6.07 Å². The van der Waals surface area contributed by atoms with Gasteiger partial charge in [-0.05, 0) is 6.07 Å². The van der Waals surface area contributed by atoms with E-state index < -0.39 is 21.9 Å². The van der Waals surface area contributed by atoms with Gasteiger partial charge in [-0.3, -0.25) is 9.69 Å². The summed E-state index contributed by atoms with van der Waals surface area (Å²) >= 11 is 0. The van der Waals surface area contributed by atoms with Crippen molar-refractivity contribution >= 4 is 22.1 Å². The Morgan fingerprint density at radius 3 is 2.65 bits per heavy atom. The molecule has 1 fully saturated rings. The van der Waals surface area contributed by atoms with Crippen LogP contribution in [0.2, 0.25) is 0 Å². The second-order valence-corrected chi connectivity index (χ2v) is 5.24. The molecule has 92 valence electrons. The van der Waals surface area contributed by atoms with Gasteiger partial charge in [-0.2, -0.15) is 8.42 Å². The highest BCUT2D eigenvalue weighted by Gasteiger charge is 2.34. The van der Waals surface area contributed by atoms with Gasteiger partial charge in [-0.25, -0.2) is 9.97 Å². The molecule has 1 aliphatic heterocycles. The van der Waals surface area contributed by atoms with Crippen molar-refractivity contribution in [2.45, 2.75) is 6.42 Å². The van der Waals surface area contributed by atoms with Gasteiger partial charge in [0, 0.05) is 31.3 Å². The van der Waals surface area contributed by atoms with Gasteiger partial charge >= 0.3 is 10.2 Å². The zero-order chi connectivity index (χ0) is 12.5. The van der Waals surface area contributed by atoms with Crippen LogP contribution < -0.4 is 4.90 Å². The van der Waals surface area contributed by atoms with E-state index in [1.807, 2.05) is 0 Å². The van der Waals surface area contributed by atoms with Crippen molar-refractivity contribution in [1.29, 1.82) is 0 Å². The number of hydrogen-bond acceptors (Lipinski definition) is 5. The quantitative estimate of drug-likeness (QED) is 0.721. The van der Waals surface area contributed by atoms with Crippen molar-refractivity contribution in [3.05, 3.63) is 18.5 Å². The van der Waals surface area contributed by atoms with Crippen molar-refractivity contribution in [3.8, 4) is 0 Å². The van der Waals surface area contributed by atoms with E-state index in [0.717, 1.165) is 0 Å². The largest absolute Gasteiger partial charge is 0.302 e. The number of anilines is 1. The molecule has 6 nitrogen and oxygen atoms in total. The maximum Gasteiger partial charge on any atom is 0.302 e. The summed E-state index contributed by atoms with van der Waals surface area (Å²) in [6.07, 6.45) is 2.96. The van der Waals surface area contributed by atoms with E-state index in [1.165, 1.54) is 17.3 Å². The molecule has 2 rings (SSSR count). The molecule has 17 heavy (non-hydrogen) atoms. The summed E-state index contributed by atoms with van der Waals surface area (Å²) in [5.74, 6) is -1.25. The first-order chi connectivity index (χ1) is 7.96. The number of halogens is 1. The summed E-state index contributed by atoms with van der Waals surface area (Å²) in [5, 5.41) is 0. The van der Waals surface area contributed by atoms with Crippen LogP contribution in [0.15, 0.2) is 18.5 Å². The smallest absolute Gasteiger partial charge is 0.280 e. The summed E-state index contributed by atoms with van der Waals surface area (Å²) in [5.41, 5.74) is 0. The highest BCUT2D eigenvalue weighted by Crippen LogP contribution is 2.23. The van der Waals surface area contributed by atoms with Crippen LogP contribution in [-0.4, -0.2) is 36.6 Å². The first-order valence-electron chi connectivity index (χ1n) is 4.95. The third-order valence-electron chi connectivity index (χ3n) is 2.43. The lowest BCUT2D eigenvalue weighted by Crippen LogP contribution is -2.27. The summed E-state index contributed by atoms with van der Waals surface area (Å²) in [6.45, 7) is 0.131. The molecule has 1 aliphatic rings. The molecular formula is C9H10FN3O3S. The average molecular weight is 259 g/mol. The average Bonchev–Trinajstić information content (AvgIpc) is 2.58. The SMILES string of the molecule is O=C1CC(CS(=O)(=O)F)CN1c1ncccn1. The number of aromatic nitrogens is 2. The Hall–Kier alpha value is -1.57. The summed E-state index contributed by atoms with van der Waals surface area (Å²) < 4.78 is 33.5. The molecule has 0 bridgehead atoms. The molecule has 2 heterocycles. The van der Waals surface area contributed by atoms with Crippen LogP contribution in [0.5, 0.6) is 0 Å². The van der Waals surface area contributed by atoms with Crippen LogP contribution in [0.4, 0.5) is 9.83 Å². The highest BCUT2D eigenvalue weighted by atomic mass is 32.3. The van der Waals surface area contributed by atoms with E-state index in [2.05, 4.69) is 9.97 Å². The van der Waals surface area contributed by atoms with Crippen LogP contribution in [0.3, 0.4) is 0 Å². The Morgan fingerprint density at radius 1 is 1.41 bits per heavy atom. The second-order valence-electron chi connectivity index (χ2n) is 3.83. The first-order valence-corrected chi connectivity index (χ1v) is 6.51. The third-order valence-corrected chi connectivity index (χ3v) is 3.30. The summed E-state index contributed by atoms with van der Waals surface area (Å²) in [6, 6.07) is 1.60. The minimum atomic E-state index is -4.56. The molecular weight excluding hydrogens is 249 g/mol. The van der Waals surface area contributed by atoms with Crippen LogP contribution >= 0.6 is 0 Å². The summed E-state index contributed by atoms with van der Waals surface area (Å²) in [7, 11) is -4.56. The molecule has 1 saturated heterocycles. The molecule has 0 radical (unpaired) electrons. The first kappa shape index (κ1) is 11.9. The van der Waals surface area contributed by atoms with E-state index in [9.17, 15) is 17.1 Å². The van der Waals surface area contributed by atoms with Crippen molar-refractivity contribution in [3.63, 3.8) is 0 Å². The van der Waals surface area contributed by atoms with Gasteiger partial charge in [0.1, 0.15) is 0 Å². The van der Waals surface area contributed by atoms with E-state index in [4.69, 9.17) is 0 Å². The van der Waals surface area contributed by atoms with Crippen LogP contribution in [0.1, 0.15) is 6.42 Å². The Morgan fingerprint density at radius 2 is 2.06 bits per heavy atom. The van der Waals surface area contributed by atoms with Gasteiger partial charge in [0.2, 0.25) is 11.9 Å². The fourth-order valence-corrected chi connectivity index (χ4v) is 2.59. The molecule has 0 saturated carbocycles. The lowest BCUT2D eigenvalue weighted by atomic mass is 10.1. The third kappa shape index (κ3) is 2.96. The fourth-order valence-electron chi connectivity index (χ4n) is 1.80. The topological polar surface area (TPSA) is 80.2 Å². The van der Waals surface area contributed by atoms with Crippen LogP contribution in [0.25, 0.3) is 0 Å². The van der Waals surface area contributed by atoms with Crippen molar-refractivity contribution in [2.24, 2.45) is 5.92 Å². The number of carbonyl (C=O) groups is 1. The van der Waals surface area contributed by atoms with Crippen LogP contribution in [0, 0.1) is 5.92 Å². The molecule has 1 unspecified atom stereocenters. The lowest BCUT2D eigenvalue weighted by Gasteiger charge is -2.13. The van der Waals surface area contributed by atoms with Gasteiger partial charge in [0.05, 0.1) is 5.75 Å². The van der Waals surface area contributed by atoms with E-state index in [0.29, 0.717) is 0 Å². The van der Waals surface area contributed by atoms with Gasteiger partial charge < -0.3 is 0 Å². The fraction of sp³-hybridized carbons (Fsp3) is 0.444. The Kier molecular flexibility index (Phi) is 3.05. The van der Waals surface area contributed by atoms with Crippen molar-refractivity contribution < 1.29 is 17.1 Å². The summed E-state index contributed by atoms with van der Waals surface area (Å²) in [4.78, 5) is 20.7. The van der Waals surface area contributed by atoms with Crippen LogP contribution in [-0.2, 0) is 15.0 Å². The molecule has 1 aromatic rings. The van der Waals surface area contributed by atoms with Crippen molar-refractivity contribution in [2.75, 3.05) is 17.2 Å². The van der Waals surface area contributed by atoms with Gasteiger partial charge in [0.15, 0.2) is 0 Å². The number of hydrogen-bond donors (Lipinski definition) is 0. The standard InChI is InChI=1S/C9H10FN3O3S/c10-17(15,16)6-7-4-8(14)13(5-7)9-11-2-1-3-12-9/h1-3,7H,4-6H2. The number of rotatable bonds is 3. The molecule has 8 heteroatoms. The molecule has 0 aliphatic carbocycles. The Balaban J connectivity index is 2.11. The normalized spacial score (nSPS) is 20.9. The van der Waals surface area contributed by atoms with Gasteiger partial charge in [0.25, 0.3) is 0 Å². The maximum atomic E-state index is 12.5. The monoisotopic (exact) mass is 259 g/mol. The zero-order valence-electron chi connectivity index (χ0n) is 8.78. The maximum absolute atomic E-state index is 12.5. The predicted octanol–water partition coefficient (Wildman–Crippen LogP) is 0.129. The molecule has 1 aromatic heterocycles. The molecule has 0 N–H and O–H groups in total. The zero-order valence-corrected chi connectivity index (χ0v) is 9.60. The minimum absolute atomic E-state index is 0.00139. The predicted molar refractivity (Wildman–Crippen MR) is 57.4 cm³/mol. The second kappa shape index (κ2) is 4.36. The number of nitrogens with zero attached hydrogens (tertiary/aromatic N) is 3. The van der Waals surface area contributed by atoms with E-state index >= 15 is 0 Å².